The largest absolute Gasteiger partial charge is 0.310 e. The number of nitrogens with zero attached hydrogens (tertiary/aromatic N) is 2. The predicted octanol–water partition coefficient (Wildman–Crippen LogP) is 2.30. The Morgan fingerprint density at radius 2 is 2.12 bits per heavy atom. The number of nitrogens with one attached hydrogen (secondary N) is 1. The Kier molecular flexibility index (Phi) is 2.46. The molecule has 2 heterocycles. The Hall–Kier alpha value is -1.61. The first-order chi connectivity index (χ1) is 7.93. The van der Waals surface area contributed by atoms with Crippen molar-refractivity contribution < 1.29 is 0 Å². The predicted molar refractivity (Wildman–Crippen MR) is 63.5 cm³/mol. The van der Waals surface area contributed by atoms with Crippen LogP contribution in [0.3, 0.4) is 0 Å². The Bertz CT molecular complexity index is 455. The van der Waals surface area contributed by atoms with E-state index >= 15 is 0 Å². The summed E-state index contributed by atoms with van der Waals surface area (Å²) in [7, 11) is 0. The summed E-state index contributed by atoms with van der Waals surface area (Å²) in [4.78, 5) is 0. The van der Waals surface area contributed by atoms with Crippen LogP contribution in [0.2, 0.25) is 0 Å². The van der Waals surface area contributed by atoms with Gasteiger partial charge in [0.15, 0.2) is 0 Å². The van der Waals surface area contributed by atoms with Crippen molar-refractivity contribution in [2.75, 3.05) is 6.54 Å². The molecule has 2 aromatic rings. The van der Waals surface area contributed by atoms with E-state index in [0.717, 1.165) is 12.2 Å². The molecule has 0 amide bonds. The highest BCUT2D eigenvalue weighted by atomic mass is 15.3. The molecule has 1 aliphatic rings. The molecule has 1 aromatic carbocycles. The molecule has 82 valence electrons. The van der Waals surface area contributed by atoms with Gasteiger partial charge in [0, 0.05) is 17.8 Å². The molecule has 1 atom stereocenters. The normalized spacial score (nSPS) is 20.1. The third kappa shape index (κ3) is 1.74. The Morgan fingerprint density at radius 3 is 2.88 bits per heavy atom. The second kappa shape index (κ2) is 4.10. The van der Waals surface area contributed by atoms with Gasteiger partial charge in [-0.3, -0.25) is 0 Å². The molecular formula is C13H15N3. The van der Waals surface area contributed by atoms with Crippen molar-refractivity contribution in [2.45, 2.75) is 18.9 Å². The maximum atomic E-state index is 4.41. The van der Waals surface area contributed by atoms with Crippen molar-refractivity contribution in [2.24, 2.45) is 0 Å². The van der Waals surface area contributed by atoms with Crippen LogP contribution in [-0.4, -0.2) is 16.3 Å². The first-order valence-corrected chi connectivity index (χ1v) is 5.77. The van der Waals surface area contributed by atoms with Gasteiger partial charge in [-0.15, -0.1) is 0 Å². The van der Waals surface area contributed by atoms with Crippen molar-refractivity contribution in [3.8, 4) is 5.69 Å². The second-order valence-corrected chi connectivity index (χ2v) is 4.20. The quantitative estimate of drug-likeness (QED) is 0.829. The van der Waals surface area contributed by atoms with E-state index in [-0.39, 0.29) is 0 Å². The van der Waals surface area contributed by atoms with Crippen LogP contribution >= 0.6 is 0 Å². The maximum Gasteiger partial charge on any atom is 0.0645 e. The average Bonchev–Trinajstić information content (AvgIpc) is 3.01. The van der Waals surface area contributed by atoms with Crippen molar-refractivity contribution >= 4 is 0 Å². The molecule has 3 nitrogen and oxygen atoms in total. The zero-order valence-corrected chi connectivity index (χ0v) is 9.13. The maximum absolute atomic E-state index is 4.41. The molecule has 1 unspecified atom stereocenters. The molecular weight excluding hydrogens is 198 g/mol. The van der Waals surface area contributed by atoms with E-state index in [1.807, 2.05) is 29.1 Å². The first kappa shape index (κ1) is 9.60. The molecule has 1 fully saturated rings. The van der Waals surface area contributed by atoms with Crippen molar-refractivity contribution in [1.29, 1.82) is 0 Å². The van der Waals surface area contributed by atoms with Crippen LogP contribution in [0.25, 0.3) is 5.69 Å². The van der Waals surface area contributed by atoms with Gasteiger partial charge in [-0.25, -0.2) is 4.68 Å². The van der Waals surface area contributed by atoms with Gasteiger partial charge in [-0.2, -0.15) is 5.10 Å². The van der Waals surface area contributed by atoms with E-state index in [1.54, 1.807) is 0 Å². The molecule has 0 bridgehead atoms. The summed E-state index contributed by atoms with van der Waals surface area (Å²) in [5.41, 5.74) is 2.41. The fourth-order valence-corrected chi connectivity index (χ4v) is 2.21. The van der Waals surface area contributed by atoms with Gasteiger partial charge in [-0.1, -0.05) is 18.2 Å². The van der Waals surface area contributed by atoms with E-state index in [0.29, 0.717) is 6.04 Å². The molecule has 3 heteroatoms. The number of hydrogen-bond acceptors (Lipinski definition) is 2. The highest BCUT2D eigenvalue weighted by molar-refractivity contribution is 5.31. The van der Waals surface area contributed by atoms with Gasteiger partial charge in [0.1, 0.15) is 0 Å². The molecule has 0 saturated carbocycles. The molecule has 0 radical (unpaired) electrons. The van der Waals surface area contributed by atoms with E-state index in [1.165, 1.54) is 18.4 Å². The fraction of sp³-hybridized carbons (Fsp3) is 0.308. The molecule has 0 spiro atoms. The Balaban J connectivity index is 1.87. The lowest BCUT2D eigenvalue weighted by molar-refractivity contribution is 0.647. The van der Waals surface area contributed by atoms with Gasteiger partial charge in [0.25, 0.3) is 0 Å². The van der Waals surface area contributed by atoms with Crippen LogP contribution < -0.4 is 5.32 Å². The summed E-state index contributed by atoms with van der Waals surface area (Å²) in [5.74, 6) is 0. The summed E-state index contributed by atoms with van der Waals surface area (Å²) in [6, 6.07) is 10.7. The Labute approximate surface area is 95.1 Å². The standard InChI is InChI=1S/C13H15N3/c1-2-5-12(6-3-1)16-10-11(9-15-16)13-7-4-8-14-13/h1-3,5-6,9-10,13-14H,4,7-8H2. The number of aromatic nitrogens is 2. The molecule has 3 rings (SSSR count). The van der Waals surface area contributed by atoms with E-state index in [9.17, 15) is 0 Å². The van der Waals surface area contributed by atoms with Crippen molar-refractivity contribution in [3.63, 3.8) is 0 Å². The highest BCUT2D eigenvalue weighted by Crippen LogP contribution is 2.22. The lowest BCUT2D eigenvalue weighted by Crippen LogP contribution is -2.11. The number of benzene rings is 1. The minimum Gasteiger partial charge on any atom is -0.310 e. The molecule has 1 aromatic heterocycles. The second-order valence-electron chi connectivity index (χ2n) is 4.20. The van der Waals surface area contributed by atoms with Gasteiger partial charge in [0.05, 0.1) is 11.9 Å². The summed E-state index contributed by atoms with van der Waals surface area (Å²) < 4.78 is 1.94. The van der Waals surface area contributed by atoms with Crippen LogP contribution in [0.4, 0.5) is 0 Å². The summed E-state index contributed by atoms with van der Waals surface area (Å²) in [6.07, 6.45) is 6.58. The van der Waals surface area contributed by atoms with Crippen LogP contribution in [-0.2, 0) is 0 Å². The zero-order chi connectivity index (χ0) is 10.8. The summed E-state index contributed by atoms with van der Waals surface area (Å²) in [6.45, 7) is 1.13. The van der Waals surface area contributed by atoms with Gasteiger partial charge in [0.2, 0.25) is 0 Å². The topological polar surface area (TPSA) is 29.9 Å². The lowest BCUT2D eigenvalue weighted by Gasteiger charge is -2.05. The first-order valence-electron chi connectivity index (χ1n) is 5.77. The minimum atomic E-state index is 0.498. The number of para-hydroxylation sites is 1. The van der Waals surface area contributed by atoms with Gasteiger partial charge >= 0.3 is 0 Å². The zero-order valence-electron chi connectivity index (χ0n) is 9.13. The van der Waals surface area contributed by atoms with Crippen molar-refractivity contribution in [3.05, 3.63) is 48.3 Å². The molecule has 1 N–H and O–H groups in total. The molecule has 1 saturated heterocycles. The summed E-state index contributed by atoms with van der Waals surface area (Å²) in [5, 5.41) is 7.89. The number of rotatable bonds is 2. The SMILES string of the molecule is c1ccc(-n2cc(C3CCCN3)cn2)cc1. The van der Waals surface area contributed by atoms with Crippen molar-refractivity contribution in [1.82, 2.24) is 15.1 Å². The van der Waals surface area contributed by atoms with Crippen LogP contribution in [0, 0.1) is 0 Å². The van der Waals surface area contributed by atoms with E-state index in [4.69, 9.17) is 0 Å². The minimum absolute atomic E-state index is 0.498. The lowest BCUT2D eigenvalue weighted by atomic mass is 10.1. The third-order valence-corrected chi connectivity index (χ3v) is 3.09. The van der Waals surface area contributed by atoms with E-state index < -0.39 is 0 Å². The Morgan fingerprint density at radius 1 is 1.25 bits per heavy atom. The molecule has 0 aliphatic carbocycles. The van der Waals surface area contributed by atoms with Crippen LogP contribution in [0.15, 0.2) is 42.7 Å². The molecule has 16 heavy (non-hydrogen) atoms. The van der Waals surface area contributed by atoms with Crippen LogP contribution in [0.5, 0.6) is 0 Å². The monoisotopic (exact) mass is 213 g/mol. The van der Waals surface area contributed by atoms with Crippen LogP contribution in [0.1, 0.15) is 24.4 Å². The summed E-state index contributed by atoms with van der Waals surface area (Å²) >= 11 is 0. The fourth-order valence-electron chi connectivity index (χ4n) is 2.21. The number of hydrogen-bond donors (Lipinski definition) is 1. The highest BCUT2D eigenvalue weighted by Gasteiger charge is 2.17. The van der Waals surface area contributed by atoms with E-state index in [2.05, 4.69) is 28.7 Å². The smallest absolute Gasteiger partial charge is 0.0645 e. The van der Waals surface area contributed by atoms with Gasteiger partial charge in [-0.05, 0) is 31.5 Å². The molecule has 1 aliphatic heterocycles. The third-order valence-electron chi connectivity index (χ3n) is 3.09. The van der Waals surface area contributed by atoms with Gasteiger partial charge < -0.3 is 5.32 Å². The average molecular weight is 213 g/mol.